The zero-order valence-electron chi connectivity index (χ0n) is 13.1. The summed E-state index contributed by atoms with van der Waals surface area (Å²) in [5.41, 5.74) is 1.91. The van der Waals surface area contributed by atoms with Gasteiger partial charge in [0.2, 0.25) is 0 Å². The maximum Gasteiger partial charge on any atom is 0.399 e. The average molecular weight is 289 g/mol. The number of anilines is 1. The molecule has 0 radical (unpaired) electrons. The number of rotatable bonds is 7. The zero-order valence-corrected chi connectivity index (χ0v) is 13.1. The van der Waals surface area contributed by atoms with Crippen molar-refractivity contribution in [3.63, 3.8) is 0 Å². The summed E-state index contributed by atoms with van der Waals surface area (Å²) >= 11 is 0. The van der Waals surface area contributed by atoms with Gasteiger partial charge in [-0.25, -0.2) is 0 Å². The summed E-state index contributed by atoms with van der Waals surface area (Å²) in [6, 6.07) is 7.79. The van der Waals surface area contributed by atoms with Crippen LogP contribution in [0, 0.1) is 5.92 Å². The van der Waals surface area contributed by atoms with Crippen molar-refractivity contribution in [2.75, 3.05) is 25.5 Å². The Bertz CT molecular complexity index is 564. The van der Waals surface area contributed by atoms with Crippen molar-refractivity contribution >= 4 is 5.69 Å². The molecule has 2 aromatic rings. The Morgan fingerprint density at radius 2 is 2.14 bits per heavy atom. The summed E-state index contributed by atoms with van der Waals surface area (Å²) < 4.78 is 11.0. The molecule has 5 heteroatoms. The fourth-order valence-corrected chi connectivity index (χ4v) is 1.83. The Morgan fingerprint density at radius 1 is 1.33 bits per heavy atom. The molecule has 0 atom stereocenters. The maximum absolute atomic E-state index is 5.65. The van der Waals surface area contributed by atoms with Crippen LogP contribution in [-0.2, 0) is 6.54 Å². The van der Waals surface area contributed by atoms with E-state index in [1.165, 1.54) is 0 Å². The van der Waals surface area contributed by atoms with Crippen LogP contribution in [0.3, 0.4) is 0 Å². The van der Waals surface area contributed by atoms with Crippen LogP contribution in [0.1, 0.15) is 19.5 Å². The van der Waals surface area contributed by atoms with Crippen molar-refractivity contribution in [2.24, 2.45) is 5.92 Å². The second kappa shape index (κ2) is 7.13. The molecule has 5 nitrogen and oxygen atoms in total. The lowest BCUT2D eigenvalue weighted by atomic mass is 10.2. The molecule has 1 aromatic carbocycles. The molecule has 0 aliphatic rings. The molecule has 114 valence electrons. The maximum atomic E-state index is 5.65. The lowest BCUT2D eigenvalue weighted by molar-refractivity contribution is 0.331. The Hall–Kier alpha value is -2.01. The van der Waals surface area contributed by atoms with Crippen molar-refractivity contribution in [3.8, 4) is 11.8 Å². The molecule has 0 spiro atoms. The summed E-state index contributed by atoms with van der Waals surface area (Å²) in [6.45, 7) is 5.97. The van der Waals surface area contributed by atoms with Gasteiger partial charge in [0.25, 0.3) is 0 Å². The van der Waals surface area contributed by atoms with Gasteiger partial charge in [-0.2, -0.15) is 4.98 Å². The molecule has 1 heterocycles. The zero-order chi connectivity index (χ0) is 15.2. The fraction of sp³-hybridized carbons (Fsp3) is 0.438. The molecule has 0 saturated heterocycles. The first kappa shape index (κ1) is 15.4. The van der Waals surface area contributed by atoms with E-state index in [9.17, 15) is 0 Å². The number of nitrogens with one attached hydrogen (secondary N) is 1. The van der Waals surface area contributed by atoms with E-state index in [1.807, 2.05) is 43.3 Å². The summed E-state index contributed by atoms with van der Waals surface area (Å²) in [6.07, 6.45) is 1.89. The van der Waals surface area contributed by atoms with E-state index >= 15 is 0 Å². The Balaban J connectivity index is 1.94. The van der Waals surface area contributed by atoms with Crippen molar-refractivity contribution in [1.82, 2.24) is 10.3 Å². The Morgan fingerprint density at radius 3 is 2.86 bits per heavy atom. The van der Waals surface area contributed by atoms with Crippen LogP contribution in [0.5, 0.6) is 11.8 Å². The lowest BCUT2D eigenvalue weighted by Gasteiger charge is -2.12. The molecule has 0 aliphatic heterocycles. The minimum Gasteiger partial charge on any atom is -0.417 e. The number of nitrogens with zero attached hydrogens (tertiary/aromatic N) is 2. The highest BCUT2D eigenvalue weighted by molar-refractivity contribution is 5.49. The number of aromatic nitrogens is 1. The normalized spacial score (nSPS) is 10.9. The van der Waals surface area contributed by atoms with Gasteiger partial charge in [0.1, 0.15) is 12.0 Å². The van der Waals surface area contributed by atoms with Crippen LogP contribution in [0.4, 0.5) is 5.69 Å². The van der Waals surface area contributed by atoms with Gasteiger partial charge in [0.05, 0.1) is 5.69 Å². The topological polar surface area (TPSA) is 50.5 Å². The predicted octanol–water partition coefficient (Wildman–Crippen LogP) is 3.28. The second-order valence-corrected chi connectivity index (χ2v) is 5.62. The molecule has 0 unspecified atom stereocenters. The molecular formula is C16H23N3O2. The second-order valence-electron chi connectivity index (χ2n) is 5.62. The molecule has 0 saturated carbocycles. The first-order valence-corrected chi connectivity index (χ1v) is 7.15. The number of benzene rings is 1. The van der Waals surface area contributed by atoms with E-state index in [0.717, 1.165) is 17.9 Å². The third kappa shape index (κ3) is 4.79. The van der Waals surface area contributed by atoms with Gasteiger partial charge in [-0.05, 0) is 24.6 Å². The van der Waals surface area contributed by atoms with E-state index in [-0.39, 0.29) is 6.08 Å². The molecule has 1 aromatic heterocycles. The van der Waals surface area contributed by atoms with Gasteiger partial charge >= 0.3 is 6.08 Å². The number of hydrogen-bond donors (Lipinski definition) is 1. The molecule has 0 aliphatic carbocycles. The average Bonchev–Trinajstić information content (AvgIpc) is 2.86. The molecule has 0 fully saturated rings. The van der Waals surface area contributed by atoms with Crippen LogP contribution in [0.15, 0.2) is 34.9 Å². The van der Waals surface area contributed by atoms with Crippen molar-refractivity contribution in [2.45, 2.75) is 20.4 Å². The quantitative estimate of drug-likeness (QED) is 0.847. The van der Waals surface area contributed by atoms with Crippen LogP contribution < -0.4 is 15.0 Å². The smallest absolute Gasteiger partial charge is 0.399 e. The van der Waals surface area contributed by atoms with Crippen LogP contribution >= 0.6 is 0 Å². The third-order valence-corrected chi connectivity index (χ3v) is 2.93. The van der Waals surface area contributed by atoms with Gasteiger partial charge in [-0.1, -0.05) is 19.9 Å². The number of hydrogen-bond acceptors (Lipinski definition) is 5. The summed E-state index contributed by atoms with van der Waals surface area (Å²) in [4.78, 5) is 6.33. The number of ether oxygens (including phenoxy) is 1. The number of oxazole rings is 1. The van der Waals surface area contributed by atoms with E-state index in [2.05, 4.69) is 24.1 Å². The highest BCUT2D eigenvalue weighted by Gasteiger charge is 2.07. The molecular weight excluding hydrogens is 266 g/mol. The minimum absolute atomic E-state index is 0.271. The minimum atomic E-state index is 0.271. The molecule has 1 N–H and O–H groups in total. The predicted molar refractivity (Wildman–Crippen MR) is 83.9 cm³/mol. The van der Waals surface area contributed by atoms with Crippen molar-refractivity contribution in [1.29, 1.82) is 0 Å². The highest BCUT2D eigenvalue weighted by atomic mass is 16.6. The van der Waals surface area contributed by atoms with Gasteiger partial charge < -0.3 is 19.4 Å². The van der Waals surface area contributed by atoms with E-state index < -0.39 is 0 Å². The standard InChI is InChI=1S/C16H23N3O2/c1-12(2)9-17-10-13-11-20-16(18-13)21-15-7-5-6-14(8-15)19(3)4/h5-8,11-12,17H,9-10H2,1-4H3. The van der Waals surface area contributed by atoms with Crippen LogP contribution in [0.2, 0.25) is 0 Å². The monoisotopic (exact) mass is 289 g/mol. The molecule has 21 heavy (non-hydrogen) atoms. The van der Waals surface area contributed by atoms with Gasteiger partial charge in [0.15, 0.2) is 0 Å². The van der Waals surface area contributed by atoms with Crippen LogP contribution in [0.25, 0.3) is 0 Å². The van der Waals surface area contributed by atoms with E-state index in [0.29, 0.717) is 18.2 Å². The molecule has 0 amide bonds. The molecule has 2 rings (SSSR count). The van der Waals surface area contributed by atoms with Crippen molar-refractivity contribution in [3.05, 3.63) is 36.2 Å². The van der Waals surface area contributed by atoms with Crippen molar-refractivity contribution < 1.29 is 9.15 Å². The van der Waals surface area contributed by atoms with E-state index in [4.69, 9.17) is 9.15 Å². The van der Waals surface area contributed by atoms with Gasteiger partial charge in [-0.3, -0.25) is 0 Å². The van der Waals surface area contributed by atoms with Gasteiger partial charge in [0, 0.05) is 32.4 Å². The summed E-state index contributed by atoms with van der Waals surface area (Å²) in [5, 5.41) is 3.32. The van der Waals surface area contributed by atoms with Gasteiger partial charge in [-0.15, -0.1) is 0 Å². The highest BCUT2D eigenvalue weighted by Crippen LogP contribution is 2.24. The Kier molecular flexibility index (Phi) is 5.22. The summed E-state index contributed by atoms with van der Waals surface area (Å²) in [5.74, 6) is 1.33. The SMILES string of the molecule is CC(C)CNCc1coc(Oc2cccc(N(C)C)c2)n1. The Labute approximate surface area is 125 Å². The first-order valence-electron chi connectivity index (χ1n) is 7.15. The summed E-state index contributed by atoms with van der Waals surface area (Å²) in [7, 11) is 3.98. The fourth-order valence-electron chi connectivity index (χ4n) is 1.83. The first-order chi connectivity index (χ1) is 10.0. The lowest BCUT2D eigenvalue weighted by Crippen LogP contribution is -2.19. The largest absolute Gasteiger partial charge is 0.417 e. The molecule has 0 bridgehead atoms. The third-order valence-electron chi connectivity index (χ3n) is 2.93. The van der Waals surface area contributed by atoms with E-state index in [1.54, 1.807) is 6.26 Å². The van der Waals surface area contributed by atoms with Crippen LogP contribution in [-0.4, -0.2) is 25.6 Å².